The van der Waals surface area contributed by atoms with Crippen molar-refractivity contribution < 1.29 is 23.1 Å². The predicted octanol–water partition coefficient (Wildman–Crippen LogP) is 0.107. The second-order valence-corrected chi connectivity index (χ2v) is 3.93. The van der Waals surface area contributed by atoms with E-state index >= 15 is 0 Å². The number of halogens is 3. The van der Waals surface area contributed by atoms with Crippen molar-refractivity contribution >= 4 is 5.91 Å². The van der Waals surface area contributed by atoms with Crippen molar-refractivity contribution in [3.63, 3.8) is 0 Å². The Morgan fingerprint density at radius 1 is 1.44 bits per heavy atom. The van der Waals surface area contributed by atoms with Crippen LogP contribution in [-0.4, -0.2) is 47.8 Å². The predicted molar refractivity (Wildman–Crippen MR) is 50.4 cm³/mol. The third-order valence-corrected chi connectivity index (χ3v) is 2.85. The molecule has 0 aromatic rings. The molecule has 0 aliphatic carbocycles. The van der Waals surface area contributed by atoms with Crippen LogP contribution in [0, 0.1) is 5.92 Å². The quantitative estimate of drug-likeness (QED) is 0.719. The van der Waals surface area contributed by atoms with Gasteiger partial charge in [0.2, 0.25) is 0 Å². The van der Waals surface area contributed by atoms with Gasteiger partial charge in [-0.1, -0.05) is 0 Å². The SMILES string of the molecule is NCC(O)C1CCN(C(=O)C(F)(F)F)CC1. The largest absolute Gasteiger partial charge is 0.471 e. The molecule has 3 N–H and O–H groups in total. The monoisotopic (exact) mass is 240 g/mol. The Morgan fingerprint density at radius 2 is 1.94 bits per heavy atom. The molecule has 0 bridgehead atoms. The minimum absolute atomic E-state index is 0.0278. The smallest absolute Gasteiger partial charge is 0.392 e. The molecule has 1 atom stereocenters. The maximum absolute atomic E-state index is 12.1. The second kappa shape index (κ2) is 5.01. The maximum atomic E-state index is 12.1. The summed E-state index contributed by atoms with van der Waals surface area (Å²) in [6.45, 7) is 0.151. The second-order valence-electron chi connectivity index (χ2n) is 3.93. The highest BCUT2D eigenvalue weighted by Gasteiger charge is 2.43. The van der Waals surface area contributed by atoms with E-state index in [1.807, 2.05) is 0 Å². The van der Waals surface area contributed by atoms with Gasteiger partial charge in [-0.15, -0.1) is 0 Å². The van der Waals surface area contributed by atoms with E-state index in [1.54, 1.807) is 0 Å². The van der Waals surface area contributed by atoms with Gasteiger partial charge >= 0.3 is 12.1 Å². The van der Waals surface area contributed by atoms with Crippen molar-refractivity contribution in [2.24, 2.45) is 11.7 Å². The van der Waals surface area contributed by atoms with Gasteiger partial charge in [-0.25, -0.2) is 0 Å². The normalized spacial score (nSPS) is 20.9. The van der Waals surface area contributed by atoms with Crippen molar-refractivity contribution in [2.75, 3.05) is 19.6 Å². The maximum Gasteiger partial charge on any atom is 0.471 e. The Bertz CT molecular complexity index is 250. The molecular formula is C9H15F3N2O2. The number of aliphatic hydroxyl groups is 1. The zero-order valence-corrected chi connectivity index (χ0v) is 8.70. The number of nitrogens with two attached hydrogens (primary N) is 1. The lowest BCUT2D eigenvalue weighted by molar-refractivity contribution is -0.187. The van der Waals surface area contributed by atoms with Crippen molar-refractivity contribution in [3.05, 3.63) is 0 Å². The van der Waals surface area contributed by atoms with Crippen molar-refractivity contribution in [1.29, 1.82) is 0 Å². The highest BCUT2D eigenvalue weighted by molar-refractivity contribution is 5.81. The van der Waals surface area contributed by atoms with Crippen LogP contribution in [-0.2, 0) is 4.79 Å². The molecule has 7 heteroatoms. The molecule has 1 saturated heterocycles. The average Bonchev–Trinajstić information content (AvgIpc) is 2.26. The molecule has 1 aliphatic heterocycles. The molecule has 0 aromatic heterocycles. The van der Waals surface area contributed by atoms with Gasteiger partial charge in [0, 0.05) is 19.6 Å². The Morgan fingerprint density at radius 3 is 2.31 bits per heavy atom. The first-order valence-electron chi connectivity index (χ1n) is 5.10. The van der Waals surface area contributed by atoms with Crippen molar-refractivity contribution in [2.45, 2.75) is 25.1 Å². The van der Waals surface area contributed by atoms with Gasteiger partial charge in [0.15, 0.2) is 0 Å². The molecular weight excluding hydrogens is 225 g/mol. The summed E-state index contributed by atoms with van der Waals surface area (Å²) in [5.74, 6) is -1.91. The van der Waals surface area contributed by atoms with E-state index in [1.165, 1.54) is 0 Å². The average molecular weight is 240 g/mol. The molecule has 1 amide bonds. The van der Waals surface area contributed by atoms with Crippen LogP contribution in [0.5, 0.6) is 0 Å². The number of carbonyl (C=O) groups is 1. The number of hydrogen-bond acceptors (Lipinski definition) is 3. The van der Waals surface area contributed by atoms with Gasteiger partial charge in [0.1, 0.15) is 0 Å². The number of likely N-dealkylation sites (tertiary alicyclic amines) is 1. The Balaban J connectivity index is 2.46. The van der Waals surface area contributed by atoms with Gasteiger partial charge in [-0.2, -0.15) is 13.2 Å². The number of piperidine rings is 1. The fraction of sp³-hybridized carbons (Fsp3) is 0.889. The van der Waals surface area contributed by atoms with Crippen LogP contribution in [0.15, 0.2) is 0 Å². The zero-order valence-electron chi connectivity index (χ0n) is 8.70. The van der Waals surface area contributed by atoms with Crippen LogP contribution >= 0.6 is 0 Å². The van der Waals surface area contributed by atoms with Crippen LogP contribution in [0.2, 0.25) is 0 Å². The van der Waals surface area contributed by atoms with E-state index in [2.05, 4.69) is 0 Å². The Labute approximate surface area is 91.2 Å². The Kier molecular flexibility index (Phi) is 4.15. The molecule has 1 fully saturated rings. The molecule has 4 nitrogen and oxygen atoms in total. The lowest BCUT2D eigenvalue weighted by Gasteiger charge is -2.34. The lowest BCUT2D eigenvalue weighted by atomic mass is 9.91. The third kappa shape index (κ3) is 3.08. The summed E-state index contributed by atoms with van der Waals surface area (Å²) in [6.07, 6.45) is -4.78. The number of carbonyl (C=O) groups excluding carboxylic acids is 1. The first kappa shape index (κ1) is 13.2. The summed E-state index contributed by atoms with van der Waals surface area (Å²) in [4.78, 5) is 11.7. The number of amides is 1. The van der Waals surface area contributed by atoms with Crippen LogP contribution in [0.25, 0.3) is 0 Å². The van der Waals surface area contributed by atoms with E-state index < -0.39 is 18.2 Å². The van der Waals surface area contributed by atoms with Gasteiger partial charge in [-0.05, 0) is 18.8 Å². The number of rotatable bonds is 2. The number of aliphatic hydroxyl groups excluding tert-OH is 1. The fourth-order valence-electron chi connectivity index (χ4n) is 1.86. The van der Waals surface area contributed by atoms with E-state index in [4.69, 9.17) is 5.73 Å². The van der Waals surface area contributed by atoms with E-state index in [-0.39, 0.29) is 25.6 Å². The van der Waals surface area contributed by atoms with Crippen LogP contribution in [0.4, 0.5) is 13.2 Å². The highest BCUT2D eigenvalue weighted by Crippen LogP contribution is 2.25. The summed E-state index contributed by atoms with van der Waals surface area (Å²) >= 11 is 0. The molecule has 0 aromatic carbocycles. The van der Waals surface area contributed by atoms with Crippen molar-refractivity contribution in [1.82, 2.24) is 4.90 Å². The van der Waals surface area contributed by atoms with Gasteiger partial charge < -0.3 is 15.7 Å². The third-order valence-electron chi connectivity index (χ3n) is 2.85. The van der Waals surface area contributed by atoms with Gasteiger partial charge in [0.05, 0.1) is 6.10 Å². The summed E-state index contributed by atoms with van der Waals surface area (Å²) in [7, 11) is 0. The van der Waals surface area contributed by atoms with Crippen LogP contribution in [0.1, 0.15) is 12.8 Å². The molecule has 0 saturated carbocycles. The Hall–Kier alpha value is -0.820. The lowest BCUT2D eigenvalue weighted by Crippen LogP contribution is -2.47. The molecule has 1 heterocycles. The number of alkyl halides is 3. The fourth-order valence-corrected chi connectivity index (χ4v) is 1.86. The minimum atomic E-state index is -4.81. The molecule has 1 unspecified atom stereocenters. The standard InChI is InChI=1S/C9H15F3N2O2/c10-9(11,12)8(16)14-3-1-6(2-4-14)7(15)5-13/h6-7,15H,1-5,13H2. The van der Waals surface area contributed by atoms with Gasteiger partial charge in [0.25, 0.3) is 0 Å². The molecule has 94 valence electrons. The minimum Gasteiger partial charge on any atom is -0.392 e. The van der Waals surface area contributed by atoms with Crippen LogP contribution < -0.4 is 5.73 Å². The summed E-state index contributed by atoms with van der Waals surface area (Å²) in [5.41, 5.74) is 5.26. The molecule has 1 rings (SSSR count). The topological polar surface area (TPSA) is 66.6 Å². The van der Waals surface area contributed by atoms with E-state index in [9.17, 15) is 23.1 Å². The van der Waals surface area contributed by atoms with Crippen molar-refractivity contribution in [3.8, 4) is 0 Å². The summed E-state index contributed by atoms with van der Waals surface area (Å²) in [5, 5.41) is 9.42. The molecule has 0 radical (unpaired) electrons. The summed E-state index contributed by atoms with van der Waals surface area (Å²) in [6, 6.07) is 0. The first-order chi connectivity index (χ1) is 7.36. The number of hydrogen-bond donors (Lipinski definition) is 2. The zero-order chi connectivity index (χ0) is 12.3. The first-order valence-corrected chi connectivity index (χ1v) is 5.10. The van der Waals surface area contributed by atoms with Crippen LogP contribution in [0.3, 0.4) is 0 Å². The van der Waals surface area contributed by atoms with E-state index in [0.29, 0.717) is 12.8 Å². The summed E-state index contributed by atoms with van der Waals surface area (Å²) < 4.78 is 36.3. The van der Waals surface area contributed by atoms with E-state index in [0.717, 1.165) is 4.90 Å². The molecule has 16 heavy (non-hydrogen) atoms. The highest BCUT2D eigenvalue weighted by atomic mass is 19.4. The number of nitrogens with zero attached hydrogens (tertiary/aromatic N) is 1. The molecule has 1 aliphatic rings. The van der Waals surface area contributed by atoms with Gasteiger partial charge in [-0.3, -0.25) is 4.79 Å². The molecule has 0 spiro atoms.